The molecule has 0 nitrogen and oxygen atoms in total. The molecular formula is C19H17PS. The molecule has 3 aromatic carbocycles. The monoisotopic (exact) mass is 308 g/mol. The molecule has 0 N–H and O–H groups in total. The Hall–Kier alpha value is -1.56. The summed E-state index contributed by atoms with van der Waals surface area (Å²) in [6, 6.07) is 32.4. The molecular weight excluding hydrogens is 291 g/mol. The Morgan fingerprint density at radius 3 is 1.48 bits per heavy atom. The van der Waals surface area contributed by atoms with E-state index in [4.69, 9.17) is 0 Å². The van der Waals surface area contributed by atoms with Crippen LogP contribution in [0.2, 0.25) is 0 Å². The maximum Gasteiger partial charge on any atom is 0.0264 e. The van der Waals surface area contributed by atoms with Gasteiger partial charge in [0.15, 0.2) is 0 Å². The topological polar surface area (TPSA) is 0 Å². The fraction of sp³-hybridized carbons (Fsp3) is 0.0526. The summed E-state index contributed by atoms with van der Waals surface area (Å²) in [6.45, 7) is 0. The Morgan fingerprint density at radius 1 is 0.571 bits per heavy atom. The van der Waals surface area contributed by atoms with E-state index < -0.39 is 0 Å². The Kier molecular flexibility index (Phi) is 5.10. The van der Waals surface area contributed by atoms with Crippen molar-refractivity contribution in [1.29, 1.82) is 0 Å². The number of benzene rings is 3. The third kappa shape index (κ3) is 3.97. The van der Waals surface area contributed by atoms with E-state index in [1.807, 2.05) is 11.8 Å². The lowest BCUT2D eigenvalue weighted by atomic mass is 10.4. The molecule has 0 aliphatic carbocycles. The summed E-state index contributed by atoms with van der Waals surface area (Å²) in [5.74, 6) is 0. The van der Waals surface area contributed by atoms with E-state index >= 15 is 0 Å². The lowest BCUT2D eigenvalue weighted by Gasteiger charge is -2.18. The third-order valence-electron chi connectivity index (χ3n) is 3.24. The van der Waals surface area contributed by atoms with Crippen LogP contribution in [0.25, 0.3) is 0 Å². The summed E-state index contributed by atoms with van der Waals surface area (Å²) >= 11 is 1.95. The van der Waals surface area contributed by atoms with Crippen LogP contribution in [0.15, 0.2) is 95.9 Å². The highest BCUT2D eigenvalue weighted by Crippen LogP contribution is 2.39. The minimum absolute atomic E-state index is 0.312. The molecule has 0 unspecified atom stereocenters. The van der Waals surface area contributed by atoms with Gasteiger partial charge in [-0.25, -0.2) is 0 Å². The van der Waals surface area contributed by atoms with Crippen molar-refractivity contribution >= 4 is 30.3 Å². The van der Waals surface area contributed by atoms with E-state index in [0.717, 1.165) is 5.49 Å². The van der Waals surface area contributed by atoms with Crippen LogP contribution < -0.4 is 10.6 Å². The average Bonchev–Trinajstić information content (AvgIpc) is 2.58. The van der Waals surface area contributed by atoms with Gasteiger partial charge in [0.05, 0.1) is 0 Å². The number of hydrogen-bond donors (Lipinski definition) is 0. The van der Waals surface area contributed by atoms with Gasteiger partial charge < -0.3 is 0 Å². The highest BCUT2D eigenvalue weighted by Gasteiger charge is 2.13. The number of rotatable bonds is 5. The molecule has 0 amide bonds. The van der Waals surface area contributed by atoms with Crippen LogP contribution in [-0.2, 0) is 0 Å². The SMILES string of the molecule is c1ccc(SCP(c2ccccc2)c2ccccc2)cc1. The fourth-order valence-corrected chi connectivity index (χ4v) is 6.19. The molecule has 0 saturated carbocycles. The molecule has 0 bridgehead atoms. The first-order chi connectivity index (χ1) is 10.4. The zero-order valence-electron chi connectivity index (χ0n) is 11.7. The van der Waals surface area contributed by atoms with Gasteiger partial charge in [-0.1, -0.05) is 78.9 Å². The zero-order chi connectivity index (χ0) is 14.3. The van der Waals surface area contributed by atoms with Gasteiger partial charge in [0.2, 0.25) is 0 Å². The van der Waals surface area contributed by atoms with Crippen molar-refractivity contribution < 1.29 is 0 Å². The molecule has 0 spiro atoms. The van der Waals surface area contributed by atoms with Gasteiger partial charge in [-0.2, -0.15) is 0 Å². The van der Waals surface area contributed by atoms with Crippen LogP contribution in [0.3, 0.4) is 0 Å². The Balaban J connectivity index is 1.83. The van der Waals surface area contributed by atoms with Crippen LogP contribution in [-0.4, -0.2) is 5.49 Å². The van der Waals surface area contributed by atoms with Crippen molar-refractivity contribution in [2.75, 3.05) is 5.49 Å². The first-order valence-corrected chi connectivity index (χ1v) is 9.50. The Morgan fingerprint density at radius 2 is 1.00 bits per heavy atom. The maximum absolute atomic E-state index is 2.25. The molecule has 0 fully saturated rings. The van der Waals surface area contributed by atoms with Gasteiger partial charge in [-0.05, 0) is 30.7 Å². The van der Waals surface area contributed by atoms with E-state index in [1.54, 1.807) is 0 Å². The molecule has 2 heteroatoms. The van der Waals surface area contributed by atoms with E-state index in [9.17, 15) is 0 Å². The smallest absolute Gasteiger partial charge is 0.0264 e. The Bertz CT molecular complexity index is 613. The maximum atomic E-state index is 2.25. The van der Waals surface area contributed by atoms with Gasteiger partial charge in [0.1, 0.15) is 0 Å². The van der Waals surface area contributed by atoms with E-state index in [-0.39, 0.29) is 7.92 Å². The van der Waals surface area contributed by atoms with E-state index in [2.05, 4.69) is 91.0 Å². The van der Waals surface area contributed by atoms with Gasteiger partial charge in [-0.15, -0.1) is 11.8 Å². The summed E-state index contributed by atoms with van der Waals surface area (Å²) in [7, 11) is -0.312. The minimum atomic E-state index is -0.312. The Labute approximate surface area is 132 Å². The minimum Gasteiger partial charge on any atom is -0.121 e. The summed E-state index contributed by atoms with van der Waals surface area (Å²) < 4.78 is 0. The second-order valence-electron chi connectivity index (χ2n) is 4.69. The lowest BCUT2D eigenvalue weighted by molar-refractivity contribution is 1.47. The first-order valence-electron chi connectivity index (χ1n) is 6.99. The first kappa shape index (κ1) is 14.4. The normalized spacial score (nSPS) is 10.7. The molecule has 0 heterocycles. The van der Waals surface area contributed by atoms with Gasteiger partial charge in [0.25, 0.3) is 0 Å². The van der Waals surface area contributed by atoms with Crippen molar-refractivity contribution in [3.63, 3.8) is 0 Å². The molecule has 3 aromatic rings. The number of thioether (sulfide) groups is 1. The van der Waals surface area contributed by atoms with Crippen LogP contribution >= 0.6 is 19.7 Å². The average molecular weight is 308 g/mol. The molecule has 0 aromatic heterocycles. The highest BCUT2D eigenvalue weighted by molar-refractivity contribution is 8.06. The molecule has 0 aliphatic rings. The highest BCUT2D eigenvalue weighted by atomic mass is 32.2. The van der Waals surface area contributed by atoms with Crippen LogP contribution in [0, 0.1) is 0 Å². The van der Waals surface area contributed by atoms with Crippen LogP contribution in [0.5, 0.6) is 0 Å². The predicted molar refractivity (Wildman–Crippen MR) is 96.2 cm³/mol. The summed E-state index contributed by atoms with van der Waals surface area (Å²) in [4.78, 5) is 1.34. The molecule has 0 saturated heterocycles. The largest absolute Gasteiger partial charge is 0.121 e. The zero-order valence-corrected chi connectivity index (χ0v) is 13.4. The van der Waals surface area contributed by atoms with Crippen molar-refractivity contribution in [1.82, 2.24) is 0 Å². The van der Waals surface area contributed by atoms with Gasteiger partial charge in [-0.3, -0.25) is 0 Å². The quantitative estimate of drug-likeness (QED) is 0.479. The summed E-state index contributed by atoms with van der Waals surface area (Å²) in [5.41, 5.74) is 1.12. The molecule has 0 radical (unpaired) electrons. The molecule has 3 rings (SSSR count). The fourth-order valence-electron chi connectivity index (χ4n) is 2.17. The lowest BCUT2D eigenvalue weighted by Crippen LogP contribution is -2.12. The predicted octanol–water partition coefficient (Wildman–Crippen LogP) is 4.87. The van der Waals surface area contributed by atoms with Crippen LogP contribution in [0.1, 0.15) is 0 Å². The molecule has 0 aliphatic heterocycles. The molecule has 21 heavy (non-hydrogen) atoms. The van der Waals surface area contributed by atoms with Crippen molar-refractivity contribution in [2.24, 2.45) is 0 Å². The second-order valence-corrected chi connectivity index (χ2v) is 8.37. The standard InChI is InChI=1S/C19H17PS/c1-4-10-17(11-5-1)20(18-12-6-2-7-13-18)16-21-19-14-8-3-9-15-19/h1-15H,16H2. The van der Waals surface area contributed by atoms with Gasteiger partial charge in [0, 0.05) is 10.4 Å². The molecule has 104 valence electrons. The van der Waals surface area contributed by atoms with E-state index in [1.165, 1.54) is 15.5 Å². The van der Waals surface area contributed by atoms with Crippen molar-refractivity contribution in [3.8, 4) is 0 Å². The summed E-state index contributed by atoms with van der Waals surface area (Å²) in [5, 5.41) is 2.89. The third-order valence-corrected chi connectivity index (χ3v) is 7.24. The van der Waals surface area contributed by atoms with Crippen molar-refractivity contribution in [2.45, 2.75) is 4.90 Å². The van der Waals surface area contributed by atoms with E-state index in [0.29, 0.717) is 0 Å². The number of hydrogen-bond acceptors (Lipinski definition) is 1. The summed E-state index contributed by atoms with van der Waals surface area (Å²) in [6.07, 6.45) is 0. The molecule has 0 atom stereocenters. The van der Waals surface area contributed by atoms with Crippen molar-refractivity contribution in [3.05, 3.63) is 91.0 Å². The van der Waals surface area contributed by atoms with Gasteiger partial charge >= 0.3 is 0 Å². The second kappa shape index (κ2) is 7.45. The van der Waals surface area contributed by atoms with Crippen LogP contribution in [0.4, 0.5) is 0 Å².